The van der Waals surface area contributed by atoms with E-state index in [1.54, 1.807) is 10.1 Å². The second kappa shape index (κ2) is 3.81. The molecule has 0 aliphatic carbocycles. The summed E-state index contributed by atoms with van der Waals surface area (Å²) < 4.78 is 5.32. The van der Waals surface area contributed by atoms with Crippen molar-refractivity contribution in [1.29, 1.82) is 0 Å². The molecule has 0 amide bonds. The van der Waals surface area contributed by atoms with Crippen LogP contribution in [0.15, 0.2) is 11.6 Å². The van der Waals surface area contributed by atoms with Gasteiger partial charge in [0.25, 0.3) is 0 Å². The van der Waals surface area contributed by atoms with E-state index in [0.717, 1.165) is 0 Å². The number of aryl methyl sites for hydroxylation is 1. The Bertz CT molecular complexity index is 398. The van der Waals surface area contributed by atoms with Crippen LogP contribution in [0.2, 0.25) is 0 Å². The standard InChI is InChI=1S/C7H9N5OS/c1-2-12-6(3-8-10-12)7(13)5-4-14-11-9-5/h3-4,7,13H,2H2,1H3. The van der Waals surface area contributed by atoms with Gasteiger partial charge >= 0.3 is 0 Å². The molecule has 1 atom stereocenters. The molecule has 6 nitrogen and oxygen atoms in total. The van der Waals surface area contributed by atoms with E-state index in [4.69, 9.17) is 0 Å². The van der Waals surface area contributed by atoms with Crippen molar-refractivity contribution < 1.29 is 5.11 Å². The highest BCUT2D eigenvalue weighted by atomic mass is 32.1. The lowest BCUT2D eigenvalue weighted by Crippen LogP contribution is -2.09. The van der Waals surface area contributed by atoms with Crippen molar-refractivity contribution in [2.24, 2.45) is 0 Å². The van der Waals surface area contributed by atoms with Crippen LogP contribution in [0.25, 0.3) is 0 Å². The van der Waals surface area contributed by atoms with Gasteiger partial charge in [0.1, 0.15) is 11.8 Å². The van der Waals surface area contributed by atoms with Crippen LogP contribution in [0, 0.1) is 0 Å². The summed E-state index contributed by atoms with van der Waals surface area (Å²) in [5.74, 6) is 0. The first-order valence-electron chi connectivity index (χ1n) is 4.16. The summed E-state index contributed by atoms with van der Waals surface area (Å²) in [7, 11) is 0. The van der Waals surface area contributed by atoms with Crippen molar-refractivity contribution in [3.8, 4) is 0 Å². The molecule has 0 bridgehead atoms. The van der Waals surface area contributed by atoms with Crippen molar-refractivity contribution in [3.05, 3.63) is 23.0 Å². The predicted molar refractivity (Wildman–Crippen MR) is 49.7 cm³/mol. The van der Waals surface area contributed by atoms with Crippen LogP contribution < -0.4 is 0 Å². The largest absolute Gasteiger partial charge is 0.380 e. The Morgan fingerprint density at radius 3 is 3.14 bits per heavy atom. The SMILES string of the molecule is CCn1nncc1C(O)c1csnn1. The Balaban J connectivity index is 2.31. The second-order valence-corrected chi connectivity index (χ2v) is 3.32. The van der Waals surface area contributed by atoms with Crippen molar-refractivity contribution in [1.82, 2.24) is 24.6 Å². The van der Waals surface area contributed by atoms with E-state index >= 15 is 0 Å². The minimum atomic E-state index is -0.788. The molecule has 0 fully saturated rings. The van der Waals surface area contributed by atoms with Crippen molar-refractivity contribution in [2.45, 2.75) is 19.6 Å². The highest BCUT2D eigenvalue weighted by Crippen LogP contribution is 2.19. The third kappa shape index (κ3) is 1.51. The number of hydrogen-bond acceptors (Lipinski definition) is 6. The molecule has 0 aromatic carbocycles. The Hall–Kier alpha value is -1.34. The van der Waals surface area contributed by atoms with E-state index in [2.05, 4.69) is 19.9 Å². The summed E-state index contributed by atoms with van der Waals surface area (Å²) in [5, 5.41) is 22.9. The maximum absolute atomic E-state index is 9.88. The number of nitrogens with zero attached hydrogens (tertiary/aromatic N) is 5. The zero-order valence-electron chi connectivity index (χ0n) is 7.53. The first kappa shape index (κ1) is 9.22. The van der Waals surface area contributed by atoms with Gasteiger partial charge in [0.05, 0.1) is 11.9 Å². The van der Waals surface area contributed by atoms with Crippen molar-refractivity contribution in [2.75, 3.05) is 0 Å². The predicted octanol–water partition coefficient (Wildman–Crippen LogP) is 0.231. The molecule has 2 rings (SSSR count). The third-order valence-corrected chi connectivity index (χ3v) is 2.41. The van der Waals surface area contributed by atoms with E-state index in [1.165, 1.54) is 17.7 Å². The average Bonchev–Trinajstić information content (AvgIpc) is 2.87. The number of rotatable bonds is 3. The van der Waals surface area contributed by atoms with Gasteiger partial charge in [0.2, 0.25) is 0 Å². The molecular weight excluding hydrogens is 202 g/mol. The second-order valence-electron chi connectivity index (χ2n) is 2.71. The molecule has 0 aliphatic rings. The molecule has 74 valence electrons. The lowest BCUT2D eigenvalue weighted by Gasteiger charge is -2.07. The molecule has 2 heterocycles. The lowest BCUT2D eigenvalue weighted by atomic mass is 10.2. The Kier molecular flexibility index (Phi) is 2.51. The van der Waals surface area contributed by atoms with Crippen LogP contribution in [-0.4, -0.2) is 29.7 Å². The van der Waals surface area contributed by atoms with E-state index < -0.39 is 6.10 Å². The van der Waals surface area contributed by atoms with Crippen molar-refractivity contribution in [3.63, 3.8) is 0 Å². The maximum atomic E-state index is 9.88. The van der Waals surface area contributed by atoms with Gasteiger partial charge in [-0.05, 0) is 18.5 Å². The molecule has 2 aromatic rings. The highest BCUT2D eigenvalue weighted by molar-refractivity contribution is 7.03. The summed E-state index contributed by atoms with van der Waals surface area (Å²) >= 11 is 1.21. The van der Waals surface area contributed by atoms with Crippen LogP contribution in [0.5, 0.6) is 0 Å². The fourth-order valence-electron chi connectivity index (χ4n) is 1.17. The summed E-state index contributed by atoms with van der Waals surface area (Å²) in [6.07, 6.45) is 0.747. The molecule has 1 N–H and O–H groups in total. The normalized spacial score (nSPS) is 13.0. The number of aliphatic hydroxyl groups is 1. The summed E-state index contributed by atoms with van der Waals surface area (Å²) in [4.78, 5) is 0. The third-order valence-electron chi connectivity index (χ3n) is 1.88. The Morgan fingerprint density at radius 2 is 2.50 bits per heavy atom. The molecule has 0 spiro atoms. The van der Waals surface area contributed by atoms with Crippen LogP contribution >= 0.6 is 11.5 Å². The molecule has 0 saturated carbocycles. The molecular formula is C7H9N5OS. The van der Waals surface area contributed by atoms with Gasteiger partial charge in [-0.15, -0.1) is 10.2 Å². The molecule has 7 heteroatoms. The van der Waals surface area contributed by atoms with Gasteiger partial charge in [0, 0.05) is 11.9 Å². The van der Waals surface area contributed by atoms with E-state index in [-0.39, 0.29) is 0 Å². The van der Waals surface area contributed by atoms with Crippen LogP contribution in [0.1, 0.15) is 24.4 Å². The highest BCUT2D eigenvalue weighted by Gasteiger charge is 2.17. The fourth-order valence-corrected chi connectivity index (χ4v) is 1.64. The van der Waals surface area contributed by atoms with Gasteiger partial charge < -0.3 is 5.11 Å². The molecule has 0 radical (unpaired) electrons. The van der Waals surface area contributed by atoms with Crippen molar-refractivity contribution >= 4 is 11.5 Å². The van der Waals surface area contributed by atoms with Gasteiger partial charge in [0.15, 0.2) is 0 Å². The Labute approximate surface area is 84.4 Å². The smallest absolute Gasteiger partial charge is 0.142 e. The molecule has 2 aromatic heterocycles. The molecule has 1 unspecified atom stereocenters. The Morgan fingerprint density at radius 1 is 1.64 bits per heavy atom. The fraction of sp³-hybridized carbons (Fsp3) is 0.429. The minimum absolute atomic E-state index is 0.534. The first-order chi connectivity index (χ1) is 6.83. The zero-order chi connectivity index (χ0) is 9.97. The summed E-state index contributed by atoms with van der Waals surface area (Å²) in [6, 6.07) is 0. The zero-order valence-corrected chi connectivity index (χ0v) is 8.35. The van der Waals surface area contributed by atoms with E-state index in [9.17, 15) is 5.11 Å². The molecule has 0 saturated heterocycles. The quantitative estimate of drug-likeness (QED) is 0.786. The van der Waals surface area contributed by atoms with Crippen LogP contribution in [-0.2, 0) is 6.54 Å². The van der Waals surface area contributed by atoms with E-state index in [0.29, 0.717) is 17.9 Å². The van der Waals surface area contributed by atoms with Gasteiger partial charge in [-0.2, -0.15) is 0 Å². The number of aromatic nitrogens is 5. The molecule has 14 heavy (non-hydrogen) atoms. The number of hydrogen-bond donors (Lipinski definition) is 1. The summed E-state index contributed by atoms with van der Waals surface area (Å²) in [6.45, 7) is 2.61. The van der Waals surface area contributed by atoms with Gasteiger partial charge in [-0.3, -0.25) is 0 Å². The molecule has 0 aliphatic heterocycles. The van der Waals surface area contributed by atoms with Gasteiger partial charge in [-0.25, -0.2) is 4.68 Å². The average molecular weight is 211 g/mol. The van der Waals surface area contributed by atoms with Crippen LogP contribution in [0.3, 0.4) is 0 Å². The summed E-state index contributed by atoms with van der Waals surface area (Å²) in [5.41, 5.74) is 1.17. The topological polar surface area (TPSA) is 76.7 Å². The minimum Gasteiger partial charge on any atom is -0.380 e. The number of aliphatic hydroxyl groups excluding tert-OH is 1. The first-order valence-corrected chi connectivity index (χ1v) is 5.00. The van der Waals surface area contributed by atoms with Crippen LogP contribution in [0.4, 0.5) is 0 Å². The lowest BCUT2D eigenvalue weighted by molar-refractivity contribution is 0.203. The van der Waals surface area contributed by atoms with Gasteiger partial charge in [-0.1, -0.05) is 9.70 Å². The van der Waals surface area contributed by atoms with E-state index in [1.807, 2.05) is 6.92 Å². The maximum Gasteiger partial charge on any atom is 0.142 e. The monoisotopic (exact) mass is 211 g/mol.